The first-order chi connectivity index (χ1) is 11.2. The van der Waals surface area contributed by atoms with E-state index >= 15 is 0 Å². The standard InChI is InChI=1S/C19H26NO2P/c1-4-20(5-2)15-16-11-13-17(14-12-16)18-9-7-8-10-19(18)23(21)22-6-3/h7-14,23H,4-6,15H2,1-3H3. The van der Waals surface area contributed by atoms with E-state index in [1.54, 1.807) is 0 Å². The van der Waals surface area contributed by atoms with Crippen molar-refractivity contribution in [2.75, 3.05) is 19.7 Å². The lowest BCUT2D eigenvalue weighted by Crippen LogP contribution is -2.21. The molecule has 2 rings (SSSR count). The van der Waals surface area contributed by atoms with E-state index in [2.05, 4.69) is 43.0 Å². The average molecular weight is 331 g/mol. The minimum atomic E-state index is -2.19. The molecule has 23 heavy (non-hydrogen) atoms. The quantitative estimate of drug-likeness (QED) is 0.674. The number of hydrogen-bond donors (Lipinski definition) is 0. The van der Waals surface area contributed by atoms with Gasteiger partial charge in [0, 0.05) is 11.8 Å². The maximum Gasteiger partial charge on any atom is 0.221 e. The summed E-state index contributed by atoms with van der Waals surface area (Å²) in [5.41, 5.74) is 3.38. The summed E-state index contributed by atoms with van der Waals surface area (Å²) in [7, 11) is -2.19. The Bertz CT molecular complexity index is 636. The molecule has 0 aliphatic rings. The van der Waals surface area contributed by atoms with Gasteiger partial charge in [0.15, 0.2) is 0 Å². The second-order valence-corrected chi connectivity index (χ2v) is 6.83. The van der Waals surface area contributed by atoms with E-state index in [9.17, 15) is 4.57 Å². The molecule has 0 heterocycles. The van der Waals surface area contributed by atoms with E-state index in [1.807, 2.05) is 31.2 Å². The van der Waals surface area contributed by atoms with E-state index in [4.69, 9.17) is 4.52 Å². The molecule has 0 fully saturated rings. The third kappa shape index (κ3) is 4.78. The first-order valence-corrected chi connectivity index (χ1v) is 9.59. The smallest absolute Gasteiger partial charge is 0.221 e. The molecule has 0 aliphatic heterocycles. The minimum Gasteiger partial charge on any atom is -0.328 e. The topological polar surface area (TPSA) is 29.5 Å². The Hall–Kier alpha value is -1.41. The van der Waals surface area contributed by atoms with E-state index in [0.717, 1.165) is 36.1 Å². The number of benzene rings is 2. The Kier molecular flexibility index (Phi) is 7.04. The van der Waals surface area contributed by atoms with Gasteiger partial charge in [-0.15, -0.1) is 0 Å². The Balaban J connectivity index is 2.24. The highest BCUT2D eigenvalue weighted by molar-refractivity contribution is 7.48. The second-order valence-electron chi connectivity index (χ2n) is 5.42. The predicted molar refractivity (Wildman–Crippen MR) is 98.8 cm³/mol. The van der Waals surface area contributed by atoms with Crippen LogP contribution in [0.1, 0.15) is 26.3 Å². The fourth-order valence-corrected chi connectivity index (χ4v) is 3.71. The van der Waals surface area contributed by atoms with Crippen LogP contribution in [0.2, 0.25) is 0 Å². The maximum absolute atomic E-state index is 12.3. The van der Waals surface area contributed by atoms with Crippen LogP contribution >= 0.6 is 8.03 Å². The fourth-order valence-electron chi connectivity index (χ4n) is 2.62. The predicted octanol–water partition coefficient (Wildman–Crippen LogP) is 4.33. The summed E-state index contributed by atoms with van der Waals surface area (Å²) in [6.07, 6.45) is 0. The lowest BCUT2D eigenvalue weighted by Gasteiger charge is -2.18. The molecule has 2 aromatic rings. The van der Waals surface area contributed by atoms with Crippen LogP contribution in [0.25, 0.3) is 11.1 Å². The Morgan fingerprint density at radius 2 is 1.61 bits per heavy atom. The molecule has 0 saturated heterocycles. The van der Waals surface area contributed by atoms with Crippen LogP contribution in [0.4, 0.5) is 0 Å². The minimum absolute atomic E-state index is 0.467. The molecule has 1 unspecified atom stereocenters. The van der Waals surface area contributed by atoms with Gasteiger partial charge in [-0.1, -0.05) is 56.3 Å². The van der Waals surface area contributed by atoms with Crippen LogP contribution in [0.5, 0.6) is 0 Å². The van der Waals surface area contributed by atoms with Crippen LogP contribution in [0.3, 0.4) is 0 Å². The van der Waals surface area contributed by atoms with Crippen molar-refractivity contribution in [2.24, 2.45) is 0 Å². The van der Waals surface area contributed by atoms with Crippen LogP contribution in [0, 0.1) is 0 Å². The van der Waals surface area contributed by atoms with Crippen molar-refractivity contribution < 1.29 is 9.09 Å². The van der Waals surface area contributed by atoms with E-state index in [-0.39, 0.29) is 0 Å². The van der Waals surface area contributed by atoms with E-state index in [0.29, 0.717) is 6.61 Å². The SMILES string of the molecule is CCO[PH](=O)c1ccccc1-c1ccc(CN(CC)CC)cc1. The lowest BCUT2D eigenvalue weighted by molar-refractivity contribution is 0.296. The molecule has 0 saturated carbocycles. The summed E-state index contributed by atoms with van der Waals surface area (Å²) < 4.78 is 17.6. The molecule has 124 valence electrons. The molecule has 0 N–H and O–H groups in total. The number of nitrogens with zero attached hydrogens (tertiary/aromatic N) is 1. The van der Waals surface area contributed by atoms with E-state index in [1.165, 1.54) is 5.56 Å². The highest BCUT2D eigenvalue weighted by atomic mass is 31.1. The lowest BCUT2D eigenvalue weighted by atomic mass is 10.0. The molecule has 0 spiro atoms. The normalized spacial score (nSPS) is 12.5. The molecular weight excluding hydrogens is 305 g/mol. The summed E-state index contributed by atoms with van der Waals surface area (Å²) in [6, 6.07) is 16.3. The molecule has 2 aromatic carbocycles. The summed E-state index contributed by atoms with van der Waals surface area (Å²) in [6.45, 7) is 9.76. The van der Waals surface area contributed by atoms with Crippen molar-refractivity contribution in [1.82, 2.24) is 4.90 Å². The third-order valence-corrected chi connectivity index (χ3v) is 5.41. The van der Waals surface area contributed by atoms with Gasteiger partial charge in [-0.3, -0.25) is 9.46 Å². The van der Waals surface area contributed by atoms with Crippen LogP contribution in [-0.2, 0) is 15.6 Å². The van der Waals surface area contributed by atoms with Crippen molar-refractivity contribution in [3.63, 3.8) is 0 Å². The second kappa shape index (κ2) is 9.02. The first kappa shape index (κ1) is 17.9. The zero-order chi connectivity index (χ0) is 16.7. The van der Waals surface area contributed by atoms with Crippen LogP contribution < -0.4 is 5.30 Å². The molecule has 3 nitrogen and oxygen atoms in total. The van der Waals surface area contributed by atoms with Gasteiger partial charge in [0.1, 0.15) is 0 Å². The van der Waals surface area contributed by atoms with Gasteiger partial charge >= 0.3 is 0 Å². The highest BCUT2D eigenvalue weighted by Crippen LogP contribution is 2.29. The third-order valence-electron chi connectivity index (χ3n) is 3.99. The van der Waals surface area contributed by atoms with E-state index < -0.39 is 8.03 Å². The average Bonchev–Trinajstić information content (AvgIpc) is 2.60. The van der Waals surface area contributed by atoms with Gasteiger partial charge in [0.2, 0.25) is 8.03 Å². The van der Waals surface area contributed by atoms with Gasteiger partial charge in [0.25, 0.3) is 0 Å². The molecule has 0 bridgehead atoms. The Labute approximate surface area is 140 Å². The zero-order valence-electron chi connectivity index (χ0n) is 14.2. The van der Waals surface area contributed by atoms with Crippen LogP contribution in [-0.4, -0.2) is 24.6 Å². The van der Waals surface area contributed by atoms with Crippen molar-refractivity contribution in [3.05, 3.63) is 54.1 Å². The molecule has 1 atom stereocenters. The molecule has 0 aliphatic carbocycles. The van der Waals surface area contributed by atoms with Crippen molar-refractivity contribution >= 4 is 13.3 Å². The molecule has 0 aromatic heterocycles. The summed E-state index contributed by atoms with van der Waals surface area (Å²) in [5.74, 6) is 0. The fraction of sp³-hybridized carbons (Fsp3) is 0.368. The van der Waals surface area contributed by atoms with Gasteiger partial charge in [-0.2, -0.15) is 0 Å². The number of rotatable bonds is 8. The van der Waals surface area contributed by atoms with Gasteiger partial charge in [-0.05, 0) is 42.8 Å². The summed E-state index contributed by atoms with van der Waals surface area (Å²) in [4.78, 5) is 2.39. The van der Waals surface area contributed by atoms with Crippen molar-refractivity contribution in [3.8, 4) is 11.1 Å². The first-order valence-electron chi connectivity index (χ1n) is 8.27. The van der Waals surface area contributed by atoms with Crippen molar-refractivity contribution in [2.45, 2.75) is 27.3 Å². The summed E-state index contributed by atoms with van der Waals surface area (Å²) in [5, 5.41) is 0.802. The van der Waals surface area contributed by atoms with Gasteiger partial charge in [0.05, 0.1) is 6.61 Å². The highest BCUT2D eigenvalue weighted by Gasteiger charge is 2.11. The zero-order valence-corrected chi connectivity index (χ0v) is 15.2. The Morgan fingerprint density at radius 1 is 0.957 bits per heavy atom. The van der Waals surface area contributed by atoms with Crippen LogP contribution in [0.15, 0.2) is 48.5 Å². The summed E-state index contributed by atoms with van der Waals surface area (Å²) >= 11 is 0. The largest absolute Gasteiger partial charge is 0.328 e. The Morgan fingerprint density at radius 3 is 2.22 bits per heavy atom. The molecule has 4 heteroatoms. The molecule has 0 radical (unpaired) electrons. The van der Waals surface area contributed by atoms with Gasteiger partial charge < -0.3 is 4.52 Å². The molecule has 0 amide bonds. The number of hydrogen-bond acceptors (Lipinski definition) is 3. The molecular formula is C19H26NO2P. The van der Waals surface area contributed by atoms with Gasteiger partial charge in [-0.25, -0.2) is 0 Å². The van der Waals surface area contributed by atoms with Crippen molar-refractivity contribution in [1.29, 1.82) is 0 Å². The monoisotopic (exact) mass is 331 g/mol. The maximum atomic E-state index is 12.3.